The minimum absolute atomic E-state index is 0.187. The average molecular weight is 210 g/mol. The third-order valence-corrected chi connectivity index (χ3v) is 3.23. The van der Waals surface area contributed by atoms with Crippen molar-refractivity contribution in [3.63, 3.8) is 0 Å². The number of allylic oxidation sites excluding steroid dienone is 1. The zero-order valence-corrected chi connectivity index (χ0v) is 9.96. The number of aliphatic hydroxyl groups excluding tert-OH is 1. The summed E-state index contributed by atoms with van der Waals surface area (Å²) in [6, 6.07) is 0. The summed E-state index contributed by atoms with van der Waals surface area (Å²) in [5.41, 5.74) is 0. The molecule has 0 aromatic rings. The van der Waals surface area contributed by atoms with Crippen molar-refractivity contribution in [2.24, 2.45) is 0 Å². The molecule has 1 rings (SSSR count). The van der Waals surface area contributed by atoms with Gasteiger partial charge in [-0.1, -0.05) is 63.5 Å². The topological polar surface area (TPSA) is 20.2 Å². The van der Waals surface area contributed by atoms with Crippen molar-refractivity contribution in [3.05, 3.63) is 12.2 Å². The predicted octanol–water partition coefficient (Wildman–Crippen LogP) is 4.21. The van der Waals surface area contributed by atoms with Gasteiger partial charge in [0.15, 0.2) is 0 Å². The molecule has 0 heterocycles. The second kappa shape index (κ2) is 8.96. The molecule has 0 spiro atoms. The third kappa shape index (κ3) is 7.61. The lowest BCUT2D eigenvalue weighted by Crippen LogP contribution is -2.01. The van der Waals surface area contributed by atoms with E-state index in [9.17, 15) is 5.11 Å². The van der Waals surface area contributed by atoms with Crippen molar-refractivity contribution in [3.8, 4) is 0 Å². The Morgan fingerprint density at radius 1 is 0.733 bits per heavy atom. The number of aliphatic hydroxyl groups is 1. The van der Waals surface area contributed by atoms with Crippen molar-refractivity contribution in [2.45, 2.75) is 76.7 Å². The third-order valence-electron chi connectivity index (χ3n) is 3.23. The standard InChI is InChI=1S/C14H26O/c15-14-12-10-8-6-4-2-1-3-5-7-9-11-13-14/h10,12,14-15H,1-9,11,13H2/b12-10+. The average Bonchev–Trinajstić information content (AvgIpc) is 2.24. The molecule has 0 aromatic carbocycles. The maximum atomic E-state index is 9.63. The van der Waals surface area contributed by atoms with E-state index in [1.165, 1.54) is 57.8 Å². The van der Waals surface area contributed by atoms with Gasteiger partial charge in [-0.2, -0.15) is 0 Å². The number of rotatable bonds is 0. The quantitative estimate of drug-likeness (QED) is 0.594. The van der Waals surface area contributed by atoms with Gasteiger partial charge in [0.05, 0.1) is 6.10 Å². The van der Waals surface area contributed by atoms with Gasteiger partial charge >= 0.3 is 0 Å². The highest BCUT2D eigenvalue weighted by Crippen LogP contribution is 2.13. The lowest BCUT2D eigenvalue weighted by atomic mass is 10.0. The van der Waals surface area contributed by atoms with Crippen molar-refractivity contribution in [2.75, 3.05) is 0 Å². The Balaban J connectivity index is 2.19. The summed E-state index contributed by atoms with van der Waals surface area (Å²) in [4.78, 5) is 0. The summed E-state index contributed by atoms with van der Waals surface area (Å²) in [7, 11) is 0. The molecule has 1 unspecified atom stereocenters. The predicted molar refractivity (Wildman–Crippen MR) is 65.9 cm³/mol. The van der Waals surface area contributed by atoms with Gasteiger partial charge in [0, 0.05) is 0 Å². The van der Waals surface area contributed by atoms with Crippen LogP contribution in [-0.4, -0.2) is 11.2 Å². The van der Waals surface area contributed by atoms with Crippen LogP contribution in [0.4, 0.5) is 0 Å². The van der Waals surface area contributed by atoms with Crippen LogP contribution in [0.1, 0.15) is 70.6 Å². The molecule has 0 amide bonds. The van der Waals surface area contributed by atoms with E-state index in [4.69, 9.17) is 0 Å². The van der Waals surface area contributed by atoms with Crippen molar-refractivity contribution < 1.29 is 5.11 Å². The van der Waals surface area contributed by atoms with E-state index in [-0.39, 0.29) is 6.10 Å². The van der Waals surface area contributed by atoms with E-state index in [0.717, 1.165) is 12.8 Å². The molecule has 15 heavy (non-hydrogen) atoms. The van der Waals surface area contributed by atoms with Crippen LogP contribution in [0.15, 0.2) is 12.2 Å². The molecule has 0 aromatic heterocycles. The van der Waals surface area contributed by atoms with Crippen LogP contribution in [0, 0.1) is 0 Å². The van der Waals surface area contributed by atoms with Crippen LogP contribution in [0.3, 0.4) is 0 Å². The molecule has 0 saturated heterocycles. The largest absolute Gasteiger partial charge is 0.389 e. The van der Waals surface area contributed by atoms with E-state index in [0.29, 0.717) is 0 Å². The zero-order valence-electron chi connectivity index (χ0n) is 9.96. The monoisotopic (exact) mass is 210 g/mol. The second-order valence-electron chi connectivity index (χ2n) is 4.75. The minimum atomic E-state index is -0.187. The Hall–Kier alpha value is -0.300. The van der Waals surface area contributed by atoms with Crippen LogP contribution in [0.5, 0.6) is 0 Å². The molecule has 0 aliphatic heterocycles. The molecule has 1 aliphatic rings. The fourth-order valence-corrected chi connectivity index (χ4v) is 2.20. The van der Waals surface area contributed by atoms with Gasteiger partial charge < -0.3 is 5.11 Å². The van der Waals surface area contributed by atoms with Gasteiger partial charge in [-0.25, -0.2) is 0 Å². The maximum absolute atomic E-state index is 9.63. The van der Waals surface area contributed by atoms with Crippen LogP contribution < -0.4 is 0 Å². The first-order valence-electron chi connectivity index (χ1n) is 6.74. The highest BCUT2D eigenvalue weighted by atomic mass is 16.3. The van der Waals surface area contributed by atoms with E-state index >= 15 is 0 Å². The SMILES string of the molecule is OC1/C=C/CCCCCCCCCCC1. The minimum Gasteiger partial charge on any atom is -0.389 e. The van der Waals surface area contributed by atoms with Crippen LogP contribution >= 0.6 is 0 Å². The van der Waals surface area contributed by atoms with Gasteiger partial charge in [-0.3, -0.25) is 0 Å². The Morgan fingerprint density at radius 2 is 1.27 bits per heavy atom. The molecule has 0 fully saturated rings. The normalized spacial score (nSPS) is 29.3. The highest BCUT2D eigenvalue weighted by molar-refractivity contribution is 4.88. The molecule has 1 N–H and O–H groups in total. The number of hydrogen-bond acceptors (Lipinski definition) is 1. The van der Waals surface area contributed by atoms with E-state index in [1.807, 2.05) is 6.08 Å². The Morgan fingerprint density at radius 3 is 1.93 bits per heavy atom. The molecule has 1 nitrogen and oxygen atoms in total. The zero-order chi connectivity index (χ0) is 10.8. The first-order valence-corrected chi connectivity index (χ1v) is 6.74. The Kier molecular flexibility index (Phi) is 7.63. The van der Waals surface area contributed by atoms with Gasteiger partial charge in [-0.15, -0.1) is 0 Å². The summed E-state index contributed by atoms with van der Waals surface area (Å²) < 4.78 is 0. The molecule has 1 heteroatoms. The molecule has 1 atom stereocenters. The summed E-state index contributed by atoms with van der Waals surface area (Å²) in [6.45, 7) is 0. The smallest absolute Gasteiger partial charge is 0.0720 e. The fraction of sp³-hybridized carbons (Fsp3) is 0.857. The molecular weight excluding hydrogens is 184 g/mol. The van der Waals surface area contributed by atoms with Gasteiger partial charge in [0.2, 0.25) is 0 Å². The fourth-order valence-electron chi connectivity index (χ4n) is 2.20. The Bertz CT molecular complexity index is 163. The lowest BCUT2D eigenvalue weighted by Gasteiger charge is -2.07. The summed E-state index contributed by atoms with van der Waals surface area (Å²) >= 11 is 0. The molecular formula is C14H26O. The summed E-state index contributed by atoms with van der Waals surface area (Å²) in [5.74, 6) is 0. The second-order valence-corrected chi connectivity index (χ2v) is 4.75. The van der Waals surface area contributed by atoms with Crippen molar-refractivity contribution in [1.82, 2.24) is 0 Å². The molecule has 0 bridgehead atoms. The van der Waals surface area contributed by atoms with E-state index in [1.54, 1.807) is 0 Å². The molecule has 1 aliphatic carbocycles. The summed E-state index contributed by atoms with van der Waals surface area (Å²) in [6.07, 6.45) is 18.2. The van der Waals surface area contributed by atoms with Crippen LogP contribution in [0.2, 0.25) is 0 Å². The highest BCUT2D eigenvalue weighted by Gasteiger charge is 1.99. The molecule has 0 saturated carbocycles. The van der Waals surface area contributed by atoms with Gasteiger partial charge in [-0.05, 0) is 19.3 Å². The van der Waals surface area contributed by atoms with Gasteiger partial charge in [0.25, 0.3) is 0 Å². The maximum Gasteiger partial charge on any atom is 0.0720 e. The summed E-state index contributed by atoms with van der Waals surface area (Å²) in [5, 5.41) is 9.63. The van der Waals surface area contributed by atoms with Crippen molar-refractivity contribution in [1.29, 1.82) is 0 Å². The van der Waals surface area contributed by atoms with Crippen LogP contribution in [-0.2, 0) is 0 Å². The lowest BCUT2D eigenvalue weighted by molar-refractivity contribution is 0.207. The Labute approximate surface area is 94.6 Å². The first kappa shape index (κ1) is 12.8. The van der Waals surface area contributed by atoms with E-state index in [2.05, 4.69) is 6.08 Å². The first-order chi connectivity index (χ1) is 7.39. The van der Waals surface area contributed by atoms with Crippen LogP contribution in [0.25, 0.3) is 0 Å². The van der Waals surface area contributed by atoms with E-state index < -0.39 is 0 Å². The van der Waals surface area contributed by atoms with Crippen molar-refractivity contribution >= 4 is 0 Å². The molecule has 0 radical (unpaired) electrons. The molecule has 88 valence electrons. The van der Waals surface area contributed by atoms with Gasteiger partial charge in [0.1, 0.15) is 0 Å². The number of hydrogen-bond donors (Lipinski definition) is 1.